The van der Waals surface area contributed by atoms with E-state index >= 15 is 0 Å². The number of ether oxygens (including phenoxy) is 1. The Balaban J connectivity index is 1.86. The van der Waals surface area contributed by atoms with E-state index in [1.54, 1.807) is 31.1 Å². The average molecular weight is 364 g/mol. The summed E-state index contributed by atoms with van der Waals surface area (Å²) in [6.07, 6.45) is 2.14. The third-order valence-corrected chi connectivity index (χ3v) is 5.00. The predicted molar refractivity (Wildman–Crippen MR) is 93.8 cm³/mol. The summed E-state index contributed by atoms with van der Waals surface area (Å²) in [5.74, 6) is 0.676. The molecule has 0 unspecified atom stereocenters. The molecule has 0 N–H and O–H groups in total. The van der Waals surface area contributed by atoms with Crippen molar-refractivity contribution in [2.24, 2.45) is 0 Å². The first kappa shape index (κ1) is 17.9. The van der Waals surface area contributed by atoms with Gasteiger partial charge in [0.2, 0.25) is 5.91 Å². The van der Waals surface area contributed by atoms with Gasteiger partial charge in [0.1, 0.15) is 5.82 Å². The molecule has 0 bridgehead atoms. The van der Waals surface area contributed by atoms with E-state index in [-0.39, 0.29) is 17.8 Å². The third kappa shape index (κ3) is 4.38. The lowest BCUT2D eigenvalue weighted by atomic mass is 10.2. The number of halogens is 1. The number of hydrogen-bond donors (Lipinski definition) is 0. The van der Waals surface area contributed by atoms with E-state index in [0.29, 0.717) is 23.3 Å². The molecule has 1 fully saturated rings. The first-order valence-electron chi connectivity index (χ1n) is 8.18. The Labute approximate surface area is 150 Å². The van der Waals surface area contributed by atoms with Gasteiger partial charge in [-0.15, -0.1) is 10.2 Å². The molecule has 6 nitrogen and oxygen atoms in total. The molecule has 1 saturated heterocycles. The van der Waals surface area contributed by atoms with Gasteiger partial charge in [0, 0.05) is 26.3 Å². The van der Waals surface area contributed by atoms with Crippen LogP contribution in [-0.2, 0) is 16.1 Å². The summed E-state index contributed by atoms with van der Waals surface area (Å²) in [5.41, 5.74) is 0.790. The first-order chi connectivity index (χ1) is 12.0. The van der Waals surface area contributed by atoms with Gasteiger partial charge >= 0.3 is 0 Å². The van der Waals surface area contributed by atoms with Gasteiger partial charge in [0.25, 0.3) is 0 Å². The number of benzene rings is 1. The van der Waals surface area contributed by atoms with E-state index in [0.717, 1.165) is 25.0 Å². The highest BCUT2D eigenvalue weighted by atomic mass is 32.2. The second-order valence-corrected chi connectivity index (χ2v) is 7.08. The molecule has 1 aliphatic rings. The van der Waals surface area contributed by atoms with Gasteiger partial charge in [-0.05, 0) is 37.1 Å². The second kappa shape index (κ2) is 7.97. The molecule has 0 spiro atoms. The fourth-order valence-corrected chi connectivity index (χ4v) is 3.55. The molecule has 1 aromatic heterocycles. The number of hydrogen-bond acceptors (Lipinski definition) is 5. The minimum Gasteiger partial charge on any atom is -0.376 e. The smallest absolute Gasteiger partial charge is 0.232 e. The van der Waals surface area contributed by atoms with E-state index in [2.05, 4.69) is 10.2 Å². The minimum absolute atomic E-state index is 0.0139. The van der Waals surface area contributed by atoms with Crippen LogP contribution in [0.4, 0.5) is 4.39 Å². The highest BCUT2D eigenvalue weighted by Crippen LogP contribution is 2.26. The minimum atomic E-state index is -0.292. The summed E-state index contributed by atoms with van der Waals surface area (Å²) >= 11 is 1.35. The molecule has 2 aromatic rings. The Morgan fingerprint density at radius 1 is 1.36 bits per heavy atom. The van der Waals surface area contributed by atoms with Crippen LogP contribution in [0.2, 0.25) is 0 Å². The molecule has 134 valence electrons. The molecular weight excluding hydrogens is 343 g/mol. The van der Waals surface area contributed by atoms with Crippen molar-refractivity contribution in [3.63, 3.8) is 0 Å². The van der Waals surface area contributed by atoms with Gasteiger partial charge in [-0.2, -0.15) is 0 Å². The van der Waals surface area contributed by atoms with Crippen LogP contribution in [-0.4, -0.2) is 58.1 Å². The maximum absolute atomic E-state index is 13.2. The lowest BCUT2D eigenvalue weighted by Gasteiger charge is -2.15. The fraction of sp³-hybridized carbons (Fsp3) is 0.471. The van der Waals surface area contributed by atoms with Crippen LogP contribution >= 0.6 is 11.8 Å². The van der Waals surface area contributed by atoms with Gasteiger partial charge in [-0.3, -0.25) is 9.36 Å². The molecule has 0 saturated carbocycles. The molecule has 25 heavy (non-hydrogen) atoms. The van der Waals surface area contributed by atoms with Crippen molar-refractivity contribution in [3.05, 3.63) is 30.1 Å². The van der Waals surface area contributed by atoms with Crippen LogP contribution in [0.1, 0.15) is 12.8 Å². The molecule has 1 amide bonds. The van der Waals surface area contributed by atoms with Crippen molar-refractivity contribution in [1.82, 2.24) is 19.7 Å². The van der Waals surface area contributed by atoms with Gasteiger partial charge in [0.15, 0.2) is 11.0 Å². The number of carbonyl (C=O) groups excluding carboxylic acids is 1. The Hall–Kier alpha value is -1.93. The van der Waals surface area contributed by atoms with Crippen molar-refractivity contribution in [1.29, 1.82) is 0 Å². The number of thioether (sulfide) groups is 1. The standard InChI is InChI=1S/C17H21FN4O2S/c1-21(2)15(23)11-25-17-20-19-16(12-5-7-13(18)8-6-12)22(17)10-14-4-3-9-24-14/h5-8,14H,3-4,9-11H2,1-2H3/t14-/m0/s1. The monoisotopic (exact) mass is 364 g/mol. The summed E-state index contributed by atoms with van der Waals surface area (Å²) in [5, 5.41) is 9.19. The molecule has 1 aromatic carbocycles. The van der Waals surface area contributed by atoms with Crippen molar-refractivity contribution in [3.8, 4) is 11.4 Å². The van der Waals surface area contributed by atoms with Crippen LogP contribution in [0, 0.1) is 5.82 Å². The van der Waals surface area contributed by atoms with Gasteiger partial charge in [-0.25, -0.2) is 4.39 Å². The van der Waals surface area contributed by atoms with Crippen molar-refractivity contribution in [2.75, 3.05) is 26.5 Å². The molecule has 2 heterocycles. The zero-order valence-corrected chi connectivity index (χ0v) is 15.1. The highest BCUT2D eigenvalue weighted by Gasteiger charge is 2.22. The van der Waals surface area contributed by atoms with Crippen molar-refractivity contribution in [2.45, 2.75) is 30.6 Å². The Kier molecular flexibility index (Phi) is 5.70. The van der Waals surface area contributed by atoms with Crippen molar-refractivity contribution >= 4 is 17.7 Å². The van der Waals surface area contributed by atoms with Gasteiger partial charge in [-0.1, -0.05) is 11.8 Å². The van der Waals surface area contributed by atoms with E-state index in [1.807, 2.05) is 4.57 Å². The Bertz CT molecular complexity index is 727. The summed E-state index contributed by atoms with van der Waals surface area (Å²) in [7, 11) is 3.45. The highest BCUT2D eigenvalue weighted by molar-refractivity contribution is 7.99. The summed E-state index contributed by atoms with van der Waals surface area (Å²) in [6, 6.07) is 6.18. The number of rotatable bonds is 6. The molecule has 1 aliphatic heterocycles. The van der Waals surface area contributed by atoms with E-state index < -0.39 is 0 Å². The van der Waals surface area contributed by atoms with Crippen LogP contribution in [0.15, 0.2) is 29.4 Å². The average Bonchev–Trinajstić information content (AvgIpc) is 3.24. The molecule has 8 heteroatoms. The topological polar surface area (TPSA) is 60.2 Å². The predicted octanol–water partition coefficient (Wildman–Crippen LogP) is 2.44. The zero-order valence-electron chi connectivity index (χ0n) is 14.3. The quantitative estimate of drug-likeness (QED) is 0.737. The molecule has 1 atom stereocenters. The fourth-order valence-electron chi connectivity index (χ4n) is 2.62. The summed E-state index contributed by atoms with van der Waals surface area (Å²) in [4.78, 5) is 13.4. The molecule has 0 aliphatic carbocycles. The lowest BCUT2D eigenvalue weighted by molar-refractivity contribution is -0.125. The normalized spacial score (nSPS) is 17.0. The number of carbonyl (C=O) groups is 1. The first-order valence-corrected chi connectivity index (χ1v) is 9.17. The SMILES string of the molecule is CN(C)C(=O)CSc1nnc(-c2ccc(F)cc2)n1C[C@@H]1CCCO1. The largest absolute Gasteiger partial charge is 0.376 e. The zero-order chi connectivity index (χ0) is 17.8. The maximum Gasteiger partial charge on any atom is 0.232 e. The summed E-state index contributed by atoms with van der Waals surface area (Å²) < 4.78 is 20.9. The Morgan fingerprint density at radius 3 is 2.76 bits per heavy atom. The summed E-state index contributed by atoms with van der Waals surface area (Å²) in [6.45, 7) is 1.39. The van der Waals surface area contributed by atoms with E-state index in [4.69, 9.17) is 4.74 Å². The number of nitrogens with zero attached hydrogens (tertiary/aromatic N) is 4. The second-order valence-electron chi connectivity index (χ2n) is 6.14. The van der Waals surface area contributed by atoms with E-state index in [9.17, 15) is 9.18 Å². The number of amides is 1. The maximum atomic E-state index is 13.2. The molecule has 0 radical (unpaired) electrons. The third-order valence-electron chi connectivity index (χ3n) is 4.05. The number of aromatic nitrogens is 3. The van der Waals surface area contributed by atoms with Gasteiger partial charge in [0.05, 0.1) is 18.4 Å². The van der Waals surface area contributed by atoms with Crippen LogP contribution in [0.5, 0.6) is 0 Å². The van der Waals surface area contributed by atoms with Crippen molar-refractivity contribution < 1.29 is 13.9 Å². The Morgan fingerprint density at radius 2 is 2.12 bits per heavy atom. The van der Waals surface area contributed by atoms with Crippen LogP contribution in [0.3, 0.4) is 0 Å². The van der Waals surface area contributed by atoms with Crippen LogP contribution < -0.4 is 0 Å². The lowest BCUT2D eigenvalue weighted by Crippen LogP contribution is -2.24. The molecule has 3 rings (SSSR count). The van der Waals surface area contributed by atoms with E-state index in [1.165, 1.54) is 23.9 Å². The van der Waals surface area contributed by atoms with Gasteiger partial charge < -0.3 is 9.64 Å². The van der Waals surface area contributed by atoms with Crippen LogP contribution in [0.25, 0.3) is 11.4 Å². The molecular formula is C17H21FN4O2S.